The van der Waals surface area contributed by atoms with Gasteiger partial charge in [0.15, 0.2) is 0 Å². The Bertz CT molecular complexity index is 450. The topological polar surface area (TPSA) is 38.3 Å². The molecule has 0 aromatic heterocycles. The van der Waals surface area contributed by atoms with Crippen molar-refractivity contribution in [1.29, 1.82) is 0 Å². The summed E-state index contributed by atoms with van der Waals surface area (Å²) >= 11 is 0. The van der Waals surface area contributed by atoms with Gasteiger partial charge in [-0.2, -0.15) is 13.2 Å². The molecular formula is C14H16F3NO2. The molecular weight excluding hydrogens is 271 g/mol. The number of benzene rings is 1. The minimum atomic E-state index is -4.38. The number of carbonyl (C=O) groups is 1. The van der Waals surface area contributed by atoms with E-state index in [0.717, 1.165) is 25.0 Å². The minimum absolute atomic E-state index is 0.241. The van der Waals surface area contributed by atoms with Gasteiger partial charge >= 0.3 is 6.18 Å². The fraction of sp³-hybridized carbons (Fsp3) is 0.500. The van der Waals surface area contributed by atoms with Crippen LogP contribution < -0.4 is 5.32 Å². The van der Waals surface area contributed by atoms with Crippen LogP contribution in [0.5, 0.6) is 0 Å². The summed E-state index contributed by atoms with van der Waals surface area (Å²) in [5.41, 5.74) is -0.511. The summed E-state index contributed by atoms with van der Waals surface area (Å²) in [6, 6.07) is 4.23. The van der Waals surface area contributed by atoms with Crippen LogP contribution >= 0.6 is 0 Å². The first-order chi connectivity index (χ1) is 9.47. The third kappa shape index (κ3) is 3.96. The number of halogens is 3. The normalized spacial score (nSPS) is 16.9. The molecule has 1 saturated heterocycles. The van der Waals surface area contributed by atoms with E-state index in [4.69, 9.17) is 4.74 Å². The molecule has 1 amide bonds. The Kier molecular flexibility index (Phi) is 4.65. The maximum Gasteiger partial charge on any atom is 0.416 e. The smallest absolute Gasteiger partial charge is 0.381 e. The highest BCUT2D eigenvalue weighted by molar-refractivity contribution is 5.94. The van der Waals surface area contributed by atoms with Gasteiger partial charge in [0.2, 0.25) is 0 Å². The number of hydrogen-bond acceptors (Lipinski definition) is 2. The van der Waals surface area contributed by atoms with Crippen LogP contribution in [0.2, 0.25) is 0 Å². The van der Waals surface area contributed by atoms with Crippen LogP contribution in [-0.4, -0.2) is 25.7 Å². The number of carbonyl (C=O) groups excluding carboxylic acids is 1. The number of ether oxygens (including phenoxy) is 1. The number of nitrogens with one attached hydrogen (secondary N) is 1. The lowest BCUT2D eigenvalue weighted by Crippen LogP contribution is -2.32. The van der Waals surface area contributed by atoms with Crippen molar-refractivity contribution in [3.8, 4) is 0 Å². The molecule has 110 valence electrons. The molecule has 1 fully saturated rings. The zero-order valence-corrected chi connectivity index (χ0v) is 10.9. The van der Waals surface area contributed by atoms with Crippen LogP contribution in [-0.2, 0) is 10.9 Å². The van der Waals surface area contributed by atoms with Gasteiger partial charge in [-0.3, -0.25) is 4.79 Å². The first-order valence-corrected chi connectivity index (χ1v) is 6.50. The van der Waals surface area contributed by atoms with Crippen molar-refractivity contribution < 1.29 is 22.7 Å². The quantitative estimate of drug-likeness (QED) is 0.928. The number of rotatable bonds is 3. The van der Waals surface area contributed by atoms with E-state index < -0.39 is 11.7 Å². The summed E-state index contributed by atoms with van der Waals surface area (Å²) in [5.74, 6) is 0.0346. The molecule has 2 rings (SSSR count). The second-order valence-electron chi connectivity index (χ2n) is 4.84. The predicted molar refractivity (Wildman–Crippen MR) is 67.3 cm³/mol. The van der Waals surface area contributed by atoms with Crippen molar-refractivity contribution in [2.24, 2.45) is 5.92 Å². The lowest BCUT2D eigenvalue weighted by atomic mass is 10.0. The van der Waals surface area contributed by atoms with E-state index in [9.17, 15) is 18.0 Å². The molecule has 0 aliphatic carbocycles. The van der Waals surface area contributed by atoms with Crippen molar-refractivity contribution in [2.45, 2.75) is 19.0 Å². The Morgan fingerprint density at radius 3 is 2.35 bits per heavy atom. The van der Waals surface area contributed by atoms with Gasteiger partial charge in [-0.05, 0) is 43.0 Å². The van der Waals surface area contributed by atoms with Crippen molar-refractivity contribution in [1.82, 2.24) is 5.32 Å². The summed E-state index contributed by atoms with van der Waals surface area (Å²) in [6.45, 7) is 1.92. The van der Waals surface area contributed by atoms with Gasteiger partial charge < -0.3 is 10.1 Å². The fourth-order valence-electron chi connectivity index (χ4n) is 2.10. The van der Waals surface area contributed by atoms with Crippen LogP contribution in [0.15, 0.2) is 24.3 Å². The number of amides is 1. The van der Waals surface area contributed by atoms with Gasteiger partial charge in [-0.15, -0.1) is 0 Å². The molecule has 1 aromatic rings. The van der Waals surface area contributed by atoms with Gasteiger partial charge in [0.05, 0.1) is 5.56 Å². The first-order valence-electron chi connectivity index (χ1n) is 6.50. The van der Waals surface area contributed by atoms with Gasteiger partial charge in [0.1, 0.15) is 0 Å². The zero-order valence-electron chi connectivity index (χ0n) is 10.9. The van der Waals surface area contributed by atoms with E-state index >= 15 is 0 Å². The van der Waals surface area contributed by atoms with Gasteiger partial charge in [-0.25, -0.2) is 0 Å². The molecule has 1 aliphatic heterocycles. The van der Waals surface area contributed by atoms with Crippen LogP contribution in [0.1, 0.15) is 28.8 Å². The highest BCUT2D eigenvalue weighted by Crippen LogP contribution is 2.29. The van der Waals surface area contributed by atoms with Crippen molar-refractivity contribution in [3.63, 3.8) is 0 Å². The number of alkyl halides is 3. The molecule has 1 N–H and O–H groups in total. The molecule has 6 heteroatoms. The fourth-order valence-corrected chi connectivity index (χ4v) is 2.10. The van der Waals surface area contributed by atoms with E-state index in [1.807, 2.05) is 0 Å². The minimum Gasteiger partial charge on any atom is -0.381 e. The maximum atomic E-state index is 12.4. The Morgan fingerprint density at radius 1 is 1.20 bits per heavy atom. The summed E-state index contributed by atoms with van der Waals surface area (Å²) in [6.07, 6.45) is -2.59. The van der Waals surface area contributed by atoms with Gasteiger partial charge in [0.25, 0.3) is 5.91 Å². The molecule has 0 saturated carbocycles. The Hall–Kier alpha value is -1.56. The van der Waals surface area contributed by atoms with Crippen LogP contribution in [0, 0.1) is 5.92 Å². The largest absolute Gasteiger partial charge is 0.416 e. The zero-order chi connectivity index (χ0) is 14.6. The second kappa shape index (κ2) is 6.26. The van der Waals surface area contributed by atoms with E-state index in [2.05, 4.69) is 5.32 Å². The lowest BCUT2D eigenvalue weighted by molar-refractivity contribution is -0.137. The molecule has 3 nitrogen and oxygen atoms in total. The van der Waals surface area contributed by atoms with Gasteiger partial charge in [-0.1, -0.05) is 0 Å². The lowest BCUT2D eigenvalue weighted by Gasteiger charge is -2.22. The molecule has 0 radical (unpaired) electrons. The molecule has 20 heavy (non-hydrogen) atoms. The highest BCUT2D eigenvalue weighted by atomic mass is 19.4. The van der Waals surface area contributed by atoms with Crippen molar-refractivity contribution >= 4 is 5.91 Å². The summed E-state index contributed by atoms with van der Waals surface area (Å²) in [5, 5.41) is 2.75. The second-order valence-corrected chi connectivity index (χ2v) is 4.84. The van der Waals surface area contributed by atoms with Crippen molar-refractivity contribution in [2.75, 3.05) is 19.8 Å². The third-order valence-electron chi connectivity index (χ3n) is 3.37. The summed E-state index contributed by atoms with van der Waals surface area (Å²) in [4.78, 5) is 11.8. The van der Waals surface area contributed by atoms with E-state index in [-0.39, 0.29) is 11.5 Å². The first kappa shape index (κ1) is 14.8. The number of hydrogen-bond donors (Lipinski definition) is 1. The van der Waals surface area contributed by atoms with Crippen LogP contribution in [0.3, 0.4) is 0 Å². The van der Waals surface area contributed by atoms with Crippen LogP contribution in [0.25, 0.3) is 0 Å². The molecule has 0 bridgehead atoms. The molecule has 1 aromatic carbocycles. The Balaban J connectivity index is 1.89. The standard InChI is InChI=1S/C14H16F3NO2/c15-14(16,17)12-3-1-11(2-4-12)13(19)18-9-10-5-7-20-8-6-10/h1-4,10H,5-9H2,(H,18,19). The van der Waals surface area contributed by atoms with E-state index in [1.165, 1.54) is 12.1 Å². The predicted octanol–water partition coefficient (Wildman–Crippen LogP) is 2.86. The molecule has 1 heterocycles. The van der Waals surface area contributed by atoms with Crippen molar-refractivity contribution in [3.05, 3.63) is 35.4 Å². The molecule has 1 aliphatic rings. The Morgan fingerprint density at radius 2 is 1.80 bits per heavy atom. The molecule has 0 unspecified atom stereocenters. The summed E-state index contributed by atoms with van der Waals surface area (Å²) in [7, 11) is 0. The Labute approximate surface area is 115 Å². The monoisotopic (exact) mass is 287 g/mol. The summed E-state index contributed by atoms with van der Waals surface area (Å²) < 4.78 is 42.4. The molecule has 0 atom stereocenters. The molecule has 0 spiro atoms. The highest BCUT2D eigenvalue weighted by Gasteiger charge is 2.30. The maximum absolute atomic E-state index is 12.4. The average molecular weight is 287 g/mol. The SMILES string of the molecule is O=C(NCC1CCOCC1)c1ccc(C(F)(F)F)cc1. The van der Waals surface area contributed by atoms with Crippen LogP contribution in [0.4, 0.5) is 13.2 Å². The van der Waals surface area contributed by atoms with Gasteiger partial charge in [0, 0.05) is 25.3 Å². The average Bonchev–Trinajstić information content (AvgIpc) is 2.45. The van der Waals surface area contributed by atoms with E-state index in [0.29, 0.717) is 25.7 Å². The van der Waals surface area contributed by atoms with E-state index in [1.54, 1.807) is 0 Å². The third-order valence-corrected chi connectivity index (χ3v) is 3.37.